The lowest BCUT2D eigenvalue weighted by molar-refractivity contribution is -0.136. The highest BCUT2D eigenvalue weighted by atomic mass is 16.2. The van der Waals surface area contributed by atoms with Gasteiger partial charge in [0, 0.05) is 26.1 Å². The Kier molecular flexibility index (Phi) is 4.81. The molecule has 0 spiro atoms. The maximum atomic E-state index is 12.4. The van der Waals surface area contributed by atoms with Crippen molar-refractivity contribution in [3.8, 4) is 6.07 Å². The van der Waals surface area contributed by atoms with E-state index in [1.807, 2.05) is 11.9 Å². The summed E-state index contributed by atoms with van der Waals surface area (Å²) < 4.78 is 0. The number of hydrogen-bond acceptors (Lipinski definition) is 3. The average Bonchev–Trinajstić information content (AvgIpc) is 2.85. The number of likely N-dealkylation sites (tertiary alicyclic amines) is 1. The summed E-state index contributed by atoms with van der Waals surface area (Å²) in [5, 5.41) is 8.73. The Labute approximate surface area is 116 Å². The van der Waals surface area contributed by atoms with Crippen molar-refractivity contribution >= 4 is 5.91 Å². The summed E-state index contributed by atoms with van der Waals surface area (Å²) in [6.45, 7) is 1.95. The Hall–Kier alpha value is -1.08. The molecule has 0 radical (unpaired) electrons. The predicted molar refractivity (Wildman–Crippen MR) is 74.4 cm³/mol. The van der Waals surface area contributed by atoms with Gasteiger partial charge in [-0.05, 0) is 51.6 Å². The third-order valence-corrected chi connectivity index (χ3v) is 4.83. The van der Waals surface area contributed by atoms with Crippen molar-refractivity contribution in [1.82, 2.24) is 9.80 Å². The molecular formula is C15H25N3O. The van der Waals surface area contributed by atoms with Crippen molar-refractivity contribution in [2.45, 2.75) is 44.6 Å². The molecule has 1 unspecified atom stereocenters. The van der Waals surface area contributed by atoms with Crippen LogP contribution in [0.2, 0.25) is 0 Å². The van der Waals surface area contributed by atoms with E-state index in [0.717, 1.165) is 45.2 Å². The van der Waals surface area contributed by atoms with Crippen molar-refractivity contribution in [3.05, 3.63) is 0 Å². The molecule has 0 aromatic rings. The molecule has 2 aliphatic rings. The van der Waals surface area contributed by atoms with Gasteiger partial charge in [-0.1, -0.05) is 0 Å². The molecule has 1 saturated heterocycles. The highest BCUT2D eigenvalue weighted by molar-refractivity contribution is 5.79. The highest BCUT2D eigenvalue weighted by Gasteiger charge is 2.32. The first-order valence-corrected chi connectivity index (χ1v) is 7.44. The maximum Gasteiger partial charge on any atom is 0.227 e. The fraction of sp³-hybridized carbons (Fsp3) is 0.867. The number of carbonyl (C=O) groups excluding carboxylic acids is 1. The van der Waals surface area contributed by atoms with Gasteiger partial charge in [-0.2, -0.15) is 5.26 Å². The Balaban J connectivity index is 1.82. The van der Waals surface area contributed by atoms with E-state index in [1.54, 1.807) is 0 Å². The lowest BCUT2D eigenvalue weighted by Crippen LogP contribution is -2.43. The van der Waals surface area contributed by atoms with Gasteiger partial charge in [0.05, 0.1) is 12.0 Å². The molecule has 1 atom stereocenters. The van der Waals surface area contributed by atoms with Crippen LogP contribution >= 0.6 is 0 Å². The van der Waals surface area contributed by atoms with E-state index < -0.39 is 0 Å². The molecule has 4 heteroatoms. The minimum atomic E-state index is 0.201. The van der Waals surface area contributed by atoms with Gasteiger partial charge in [0.15, 0.2) is 0 Å². The molecule has 19 heavy (non-hydrogen) atoms. The molecule has 0 N–H and O–H groups in total. The van der Waals surface area contributed by atoms with Gasteiger partial charge in [-0.25, -0.2) is 0 Å². The van der Waals surface area contributed by atoms with Crippen molar-refractivity contribution < 1.29 is 4.79 Å². The second-order valence-corrected chi connectivity index (χ2v) is 6.23. The number of rotatable bonds is 3. The van der Waals surface area contributed by atoms with Crippen LogP contribution in [0.15, 0.2) is 0 Å². The summed E-state index contributed by atoms with van der Waals surface area (Å²) in [6.07, 6.45) is 6.01. The molecule has 4 nitrogen and oxygen atoms in total. The Morgan fingerprint density at radius 3 is 2.53 bits per heavy atom. The minimum Gasteiger partial charge on any atom is -0.342 e. The predicted octanol–water partition coefficient (Wildman–Crippen LogP) is 1.87. The Bertz CT molecular complexity index is 355. The third-order valence-electron chi connectivity index (χ3n) is 4.83. The molecule has 0 aromatic heterocycles. The molecule has 1 amide bonds. The Morgan fingerprint density at radius 2 is 2.00 bits per heavy atom. The molecule has 0 bridgehead atoms. The smallest absolute Gasteiger partial charge is 0.227 e. The van der Waals surface area contributed by atoms with E-state index in [2.05, 4.69) is 18.0 Å². The van der Waals surface area contributed by atoms with Gasteiger partial charge < -0.3 is 9.80 Å². The van der Waals surface area contributed by atoms with Crippen LogP contribution in [-0.4, -0.2) is 48.9 Å². The van der Waals surface area contributed by atoms with Gasteiger partial charge >= 0.3 is 0 Å². The molecule has 1 saturated carbocycles. The van der Waals surface area contributed by atoms with Crippen molar-refractivity contribution in [3.63, 3.8) is 0 Å². The first-order valence-electron chi connectivity index (χ1n) is 7.44. The number of carbonyl (C=O) groups is 1. The largest absolute Gasteiger partial charge is 0.342 e. The molecule has 2 fully saturated rings. The summed E-state index contributed by atoms with van der Waals surface area (Å²) in [5.41, 5.74) is 0. The van der Waals surface area contributed by atoms with Gasteiger partial charge in [-0.3, -0.25) is 4.79 Å². The van der Waals surface area contributed by atoms with E-state index in [9.17, 15) is 4.79 Å². The molecule has 1 aliphatic heterocycles. The SMILES string of the molecule is CN1CCC(C(=O)N(C)C2CCC(CC#N)CC2)C1. The number of nitrogens with zero attached hydrogens (tertiary/aromatic N) is 3. The van der Waals surface area contributed by atoms with Crippen LogP contribution in [-0.2, 0) is 4.79 Å². The van der Waals surface area contributed by atoms with E-state index >= 15 is 0 Å². The highest BCUT2D eigenvalue weighted by Crippen LogP contribution is 2.30. The number of amides is 1. The second-order valence-electron chi connectivity index (χ2n) is 6.23. The van der Waals surface area contributed by atoms with Crippen molar-refractivity contribution in [1.29, 1.82) is 5.26 Å². The minimum absolute atomic E-state index is 0.201. The van der Waals surface area contributed by atoms with Crippen LogP contribution in [0.1, 0.15) is 38.5 Å². The quantitative estimate of drug-likeness (QED) is 0.781. The molecule has 0 aromatic carbocycles. The van der Waals surface area contributed by atoms with E-state index in [1.165, 1.54) is 0 Å². The lowest BCUT2D eigenvalue weighted by Gasteiger charge is -2.35. The first kappa shape index (κ1) is 14.3. The van der Waals surface area contributed by atoms with Gasteiger partial charge in [0.1, 0.15) is 0 Å². The molecule has 1 heterocycles. The lowest BCUT2D eigenvalue weighted by atomic mass is 9.83. The zero-order valence-electron chi connectivity index (χ0n) is 12.1. The van der Waals surface area contributed by atoms with Gasteiger partial charge in [0.25, 0.3) is 0 Å². The van der Waals surface area contributed by atoms with Crippen LogP contribution in [0.25, 0.3) is 0 Å². The summed E-state index contributed by atoms with van der Waals surface area (Å²) in [7, 11) is 4.05. The third kappa shape index (κ3) is 3.48. The van der Waals surface area contributed by atoms with Crippen LogP contribution in [0, 0.1) is 23.2 Å². The fourth-order valence-electron chi connectivity index (χ4n) is 3.47. The van der Waals surface area contributed by atoms with Gasteiger partial charge in [0.2, 0.25) is 5.91 Å². The fourth-order valence-corrected chi connectivity index (χ4v) is 3.47. The van der Waals surface area contributed by atoms with Crippen molar-refractivity contribution in [2.24, 2.45) is 11.8 Å². The summed E-state index contributed by atoms with van der Waals surface area (Å²) in [6, 6.07) is 2.66. The van der Waals surface area contributed by atoms with E-state index in [-0.39, 0.29) is 5.92 Å². The second kappa shape index (κ2) is 6.38. The summed E-state index contributed by atoms with van der Waals surface area (Å²) in [5.74, 6) is 1.09. The summed E-state index contributed by atoms with van der Waals surface area (Å²) in [4.78, 5) is 16.7. The first-order chi connectivity index (χ1) is 9.11. The van der Waals surface area contributed by atoms with Crippen LogP contribution in [0.4, 0.5) is 0 Å². The van der Waals surface area contributed by atoms with Crippen LogP contribution < -0.4 is 0 Å². The van der Waals surface area contributed by atoms with Gasteiger partial charge in [-0.15, -0.1) is 0 Å². The molecular weight excluding hydrogens is 238 g/mol. The summed E-state index contributed by atoms with van der Waals surface area (Å²) >= 11 is 0. The van der Waals surface area contributed by atoms with E-state index in [4.69, 9.17) is 5.26 Å². The zero-order chi connectivity index (χ0) is 13.8. The standard InChI is InChI=1S/C15H25N3O/c1-17-10-8-13(11-17)15(19)18(2)14-5-3-12(4-6-14)7-9-16/h12-14H,3-8,10-11H2,1-2H3. The molecule has 1 aliphatic carbocycles. The zero-order valence-corrected chi connectivity index (χ0v) is 12.1. The van der Waals surface area contributed by atoms with E-state index in [0.29, 0.717) is 24.3 Å². The number of hydrogen-bond donors (Lipinski definition) is 0. The molecule has 106 valence electrons. The van der Waals surface area contributed by atoms with Crippen LogP contribution in [0.3, 0.4) is 0 Å². The normalized spacial score (nSPS) is 31.9. The Morgan fingerprint density at radius 1 is 1.32 bits per heavy atom. The number of nitriles is 1. The monoisotopic (exact) mass is 263 g/mol. The maximum absolute atomic E-state index is 12.4. The topological polar surface area (TPSA) is 47.3 Å². The molecule has 2 rings (SSSR count). The average molecular weight is 263 g/mol. The van der Waals surface area contributed by atoms with Crippen molar-refractivity contribution in [2.75, 3.05) is 27.2 Å². The van der Waals surface area contributed by atoms with Crippen LogP contribution in [0.5, 0.6) is 0 Å².